The third kappa shape index (κ3) is 3.22. The third-order valence-electron chi connectivity index (χ3n) is 3.41. The van der Waals surface area contributed by atoms with E-state index in [-0.39, 0.29) is 6.04 Å². The Bertz CT molecular complexity index is 388. The van der Waals surface area contributed by atoms with Gasteiger partial charge in [0.15, 0.2) is 0 Å². The SMILES string of the molecule is COc1cccc(C(C)NCC2(O)CCOC2)c1. The summed E-state index contributed by atoms with van der Waals surface area (Å²) in [5.41, 5.74) is 0.435. The maximum absolute atomic E-state index is 10.2. The van der Waals surface area contributed by atoms with Gasteiger partial charge in [0.05, 0.1) is 13.7 Å². The fraction of sp³-hybridized carbons (Fsp3) is 0.571. The summed E-state index contributed by atoms with van der Waals surface area (Å²) in [6.07, 6.45) is 0.699. The van der Waals surface area contributed by atoms with Crippen LogP contribution in [0.25, 0.3) is 0 Å². The van der Waals surface area contributed by atoms with Gasteiger partial charge in [0.2, 0.25) is 0 Å². The fourth-order valence-electron chi connectivity index (χ4n) is 2.11. The molecule has 0 amide bonds. The molecule has 4 nitrogen and oxygen atoms in total. The summed E-state index contributed by atoms with van der Waals surface area (Å²) in [7, 11) is 1.66. The molecule has 100 valence electrons. The van der Waals surface area contributed by atoms with E-state index >= 15 is 0 Å². The van der Waals surface area contributed by atoms with Gasteiger partial charge in [-0.1, -0.05) is 12.1 Å². The molecule has 0 saturated carbocycles. The quantitative estimate of drug-likeness (QED) is 0.832. The summed E-state index contributed by atoms with van der Waals surface area (Å²) < 4.78 is 10.4. The van der Waals surface area contributed by atoms with Gasteiger partial charge >= 0.3 is 0 Å². The average Bonchev–Trinajstić information content (AvgIpc) is 2.83. The molecule has 2 N–H and O–H groups in total. The second kappa shape index (κ2) is 5.69. The highest BCUT2D eigenvalue weighted by Gasteiger charge is 2.32. The zero-order valence-electron chi connectivity index (χ0n) is 11.0. The van der Waals surface area contributed by atoms with Crippen molar-refractivity contribution in [3.8, 4) is 5.75 Å². The van der Waals surface area contributed by atoms with E-state index in [4.69, 9.17) is 9.47 Å². The van der Waals surface area contributed by atoms with Crippen molar-refractivity contribution in [2.45, 2.75) is 25.0 Å². The highest BCUT2D eigenvalue weighted by Crippen LogP contribution is 2.21. The number of nitrogens with one attached hydrogen (secondary N) is 1. The number of hydrogen-bond acceptors (Lipinski definition) is 4. The molecule has 1 fully saturated rings. The molecule has 18 heavy (non-hydrogen) atoms. The van der Waals surface area contributed by atoms with Crippen LogP contribution in [0.5, 0.6) is 5.75 Å². The van der Waals surface area contributed by atoms with Gasteiger partial charge < -0.3 is 19.9 Å². The summed E-state index contributed by atoms with van der Waals surface area (Å²) in [6, 6.07) is 8.13. The Morgan fingerprint density at radius 3 is 3.06 bits per heavy atom. The van der Waals surface area contributed by atoms with Crippen molar-refractivity contribution < 1.29 is 14.6 Å². The number of aliphatic hydroxyl groups is 1. The summed E-state index contributed by atoms with van der Waals surface area (Å²) in [6.45, 7) is 3.69. The molecule has 1 saturated heterocycles. The highest BCUT2D eigenvalue weighted by molar-refractivity contribution is 5.30. The van der Waals surface area contributed by atoms with Crippen molar-refractivity contribution >= 4 is 0 Å². The largest absolute Gasteiger partial charge is 0.497 e. The van der Waals surface area contributed by atoms with E-state index in [1.807, 2.05) is 18.2 Å². The lowest BCUT2D eigenvalue weighted by atomic mass is 10.0. The number of rotatable bonds is 5. The lowest BCUT2D eigenvalue weighted by Gasteiger charge is -2.24. The second-order valence-corrected chi connectivity index (χ2v) is 4.91. The van der Waals surface area contributed by atoms with Crippen LogP contribution in [0.3, 0.4) is 0 Å². The molecule has 0 spiro atoms. The van der Waals surface area contributed by atoms with Gasteiger partial charge in [-0.05, 0) is 24.6 Å². The van der Waals surface area contributed by atoms with E-state index in [1.165, 1.54) is 0 Å². The Labute approximate surface area is 108 Å². The summed E-state index contributed by atoms with van der Waals surface area (Å²) in [4.78, 5) is 0. The molecule has 1 aliphatic rings. The Balaban J connectivity index is 1.92. The summed E-state index contributed by atoms with van der Waals surface area (Å²) >= 11 is 0. The maximum Gasteiger partial charge on any atom is 0.119 e. The van der Waals surface area contributed by atoms with Crippen molar-refractivity contribution in [2.24, 2.45) is 0 Å². The zero-order valence-corrected chi connectivity index (χ0v) is 11.0. The van der Waals surface area contributed by atoms with Gasteiger partial charge in [-0.25, -0.2) is 0 Å². The molecule has 0 aromatic heterocycles. The lowest BCUT2D eigenvalue weighted by molar-refractivity contribution is 0.0252. The van der Waals surface area contributed by atoms with Crippen LogP contribution in [0.15, 0.2) is 24.3 Å². The van der Waals surface area contributed by atoms with E-state index in [2.05, 4.69) is 18.3 Å². The first kappa shape index (κ1) is 13.3. The van der Waals surface area contributed by atoms with Crippen LogP contribution in [-0.4, -0.2) is 37.6 Å². The van der Waals surface area contributed by atoms with E-state index in [0.717, 1.165) is 11.3 Å². The van der Waals surface area contributed by atoms with Crippen LogP contribution < -0.4 is 10.1 Å². The molecule has 0 radical (unpaired) electrons. The van der Waals surface area contributed by atoms with Crippen molar-refractivity contribution in [3.63, 3.8) is 0 Å². The second-order valence-electron chi connectivity index (χ2n) is 4.91. The van der Waals surface area contributed by atoms with Gasteiger partial charge in [0.1, 0.15) is 11.4 Å². The number of ether oxygens (including phenoxy) is 2. The van der Waals surface area contributed by atoms with Gasteiger partial charge in [-0.15, -0.1) is 0 Å². The minimum Gasteiger partial charge on any atom is -0.497 e. The monoisotopic (exact) mass is 251 g/mol. The number of hydrogen-bond donors (Lipinski definition) is 2. The minimum atomic E-state index is -0.715. The average molecular weight is 251 g/mol. The van der Waals surface area contributed by atoms with E-state index in [0.29, 0.717) is 26.2 Å². The first-order chi connectivity index (χ1) is 8.63. The van der Waals surface area contributed by atoms with Crippen molar-refractivity contribution in [2.75, 3.05) is 26.9 Å². The van der Waals surface area contributed by atoms with Crippen molar-refractivity contribution in [3.05, 3.63) is 29.8 Å². The highest BCUT2D eigenvalue weighted by atomic mass is 16.5. The summed E-state index contributed by atoms with van der Waals surface area (Å²) in [5, 5.41) is 13.5. The van der Waals surface area contributed by atoms with Crippen LogP contribution in [0.1, 0.15) is 24.9 Å². The van der Waals surface area contributed by atoms with E-state index in [1.54, 1.807) is 7.11 Å². The smallest absolute Gasteiger partial charge is 0.119 e. The first-order valence-corrected chi connectivity index (χ1v) is 6.30. The predicted molar refractivity (Wildman–Crippen MR) is 69.8 cm³/mol. The van der Waals surface area contributed by atoms with Crippen LogP contribution in [0.2, 0.25) is 0 Å². The molecule has 2 unspecified atom stereocenters. The van der Waals surface area contributed by atoms with E-state index in [9.17, 15) is 5.11 Å². The topological polar surface area (TPSA) is 50.7 Å². The van der Waals surface area contributed by atoms with Crippen molar-refractivity contribution in [1.82, 2.24) is 5.32 Å². The van der Waals surface area contributed by atoms with Crippen LogP contribution in [0, 0.1) is 0 Å². The molecule has 4 heteroatoms. The first-order valence-electron chi connectivity index (χ1n) is 6.30. The normalized spacial score (nSPS) is 25.1. The van der Waals surface area contributed by atoms with Gasteiger partial charge in [-0.3, -0.25) is 0 Å². The Morgan fingerprint density at radius 2 is 2.39 bits per heavy atom. The molecule has 2 rings (SSSR count). The Morgan fingerprint density at radius 1 is 1.56 bits per heavy atom. The van der Waals surface area contributed by atoms with Crippen LogP contribution in [-0.2, 0) is 4.74 Å². The molecule has 1 aromatic carbocycles. The standard InChI is InChI=1S/C14H21NO3/c1-11(12-4-3-5-13(8-12)17-2)15-9-14(16)6-7-18-10-14/h3-5,8,11,15-16H,6-7,9-10H2,1-2H3. The fourth-order valence-corrected chi connectivity index (χ4v) is 2.11. The third-order valence-corrected chi connectivity index (χ3v) is 3.41. The van der Waals surface area contributed by atoms with Gasteiger partial charge in [-0.2, -0.15) is 0 Å². The van der Waals surface area contributed by atoms with Gasteiger partial charge in [0.25, 0.3) is 0 Å². The number of methoxy groups -OCH3 is 1. The molecular weight excluding hydrogens is 230 g/mol. The molecule has 1 heterocycles. The Kier molecular flexibility index (Phi) is 4.22. The molecule has 2 atom stereocenters. The Hall–Kier alpha value is -1.10. The van der Waals surface area contributed by atoms with Crippen LogP contribution in [0.4, 0.5) is 0 Å². The summed E-state index contributed by atoms with van der Waals surface area (Å²) in [5.74, 6) is 0.851. The predicted octanol–water partition coefficient (Wildman–Crippen LogP) is 1.50. The molecule has 0 aliphatic carbocycles. The number of benzene rings is 1. The van der Waals surface area contributed by atoms with E-state index < -0.39 is 5.60 Å². The molecule has 1 aliphatic heterocycles. The van der Waals surface area contributed by atoms with Crippen molar-refractivity contribution in [1.29, 1.82) is 0 Å². The van der Waals surface area contributed by atoms with Crippen LogP contribution >= 0.6 is 0 Å². The zero-order chi connectivity index (χ0) is 13.0. The molecular formula is C14H21NO3. The molecule has 1 aromatic rings. The van der Waals surface area contributed by atoms with Gasteiger partial charge in [0, 0.05) is 25.6 Å². The lowest BCUT2D eigenvalue weighted by Crippen LogP contribution is -2.41. The molecule has 0 bridgehead atoms. The minimum absolute atomic E-state index is 0.171. The maximum atomic E-state index is 10.2.